The summed E-state index contributed by atoms with van der Waals surface area (Å²) in [6.45, 7) is 0. The van der Waals surface area contributed by atoms with Gasteiger partial charge in [-0.3, -0.25) is 4.79 Å². The maximum Gasteiger partial charge on any atom is 0.261 e. The molecule has 0 saturated heterocycles. The van der Waals surface area contributed by atoms with Gasteiger partial charge < -0.3 is 10.4 Å². The quantitative estimate of drug-likeness (QED) is 0.869. The lowest BCUT2D eigenvalue weighted by atomic mass is 9.88. The monoisotopic (exact) mass is 351 g/mol. The first-order chi connectivity index (χ1) is 9.50. The fourth-order valence-corrected chi connectivity index (χ4v) is 3.16. The minimum atomic E-state index is -1.58. The minimum absolute atomic E-state index is 0.141. The van der Waals surface area contributed by atoms with Gasteiger partial charge in [0, 0.05) is 27.2 Å². The van der Waals surface area contributed by atoms with Crippen LogP contribution < -0.4 is 5.32 Å². The molecule has 1 aliphatic rings. The lowest BCUT2D eigenvalue weighted by Crippen LogP contribution is -2.36. The summed E-state index contributed by atoms with van der Waals surface area (Å²) in [5.74, 6) is -0.419. The maximum absolute atomic E-state index is 12.1. The number of hydrogen-bond acceptors (Lipinski definition) is 2. The van der Waals surface area contributed by atoms with Crippen molar-refractivity contribution in [3.8, 4) is 0 Å². The number of rotatable bonds is 2. The summed E-state index contributed by atoms with van der Waals surface area (Å²) in [7, 11) is 0. The molecular weight excluding hydrogens is 342 g/mol. The van der Waals surface area contributed by atoms with Crippen molar-refractivity contribution in [3.05, 3.63) is 63.1 Å². The highest BCUT2D eigenvalue weighted by Gasteiger charge is 2.45. The first-order valence-electron chi connectivity index (χ1n) is 6.08. The van der Waals surface area contributed by atoms with Crippen LogP contribution in [-0.4, -0.2) is 11.0 Å². The second-order valence-electron chi connectivity index (χ2n) is 4.77. The molecule has 0 fully saturated rings. The molecule has 0 spiro atoms. The van der Waals surface area contributed by atoms with Crippen LogP contribution in [0.2, 0.25) is 5.02 Å². The smallest absolute Gasteiger partial charge is 0.261 e. The molecule has 5 heteroatoms. The van der Waals surface area contributed by atoms with E-state index in [2.05, 4.69) is 21.2 Å². The second kappa shape index (κ2) is 4.88. The third-order valence-corrected chi connectivity index (χ3v) is 4.30. The van der Waals surface area contributed by atoms with Crippen molar-refractivity contribution >= 4 is 39.1 Å². The summed E-state index contributed by atoms with van der Waals surface area (Å²) in [5.41, 5.74) is 0.384. The Balaban J connectivity index is 2.03. The van der Waals surface area contributed by atoms with Gasteiger partial charge in [0.05, 0.1) is 0 Å². The van der Waals surface area contributed by atoms with E-state index in [0.29, 0.717) is 16.3 Å². The highest BCUT2D eigenvalue weighted by Crippen LogP contribution is 2.39. The number of benzene rings is 2. The number of carbonyl (C=O) groups is 1. The number of halogens is 2. The fourth-order valence-electron chi connectivity index (χ4n) is 2.42. The van der Waals surface area contributed by atoms with E-state index in [-0.39, 0.29) is 6.42 Å². The number of anilines is 1. The van der Waals surface area contributed by atoms with Gasteiger partial charge in [-0.25, -0.2) is 0 Å². The molecule has 3 nitrogen and oxygen atoms in total. The van der Waals surface area contributed by atoms with Crippen LogP contribution in [0.5, 0.6) is 0 Å². The maximum atomic E-state index is 12.1. The van der Waals surface area contributed by atoms with Crippen LogP contribution in [0.15, 0.2) is 46.9 Å². The zero-order valence-corrected chi connectivity index (χ0v) is 12.7. The van der Waals surface area contributed by atoms with E-state index in [1.807, 2.05) is 12.1 Å². The average molecular weight is 353 g/mol. The van der Waals surface area contributed by atoms with Crippen molar-refractivity contribution in [2.45, 2.75) is 12.0 Å². The second-order valence-corrected chi connectivity index (χ2v) is 6.10. The van der Waals surface area contributed by atoms with Crippen molar-refractivity contribution < 1.29 is 9.90 Å². The largest absolute Gasteiger partial charge is 0.375 e. The van der Waals surface area contributed by atoms with Crippen molar-refractivity contribution in [2.24, 2.45) is 0 Å². The molecule has 0 aliphatic carbocycles. The molecule has 0 radical (unpaired) electrons. The highest BCUT2D eigenvalue weighted by molar-refractivity contribution is 9.10. The number of amides is 1. The molecule has 2 aromatic carbocycles. The predicted molar refractivity (Wildman–Crippen MR) is 81.8 cm³/mol. The topological polar surface area (TPSA) is 49.3 Å². The molecule has 1 unspecified atom stereocenters. The Morgan fingerprint density at radius 2 is 2.00 bits per heavy atom. The Hall–Kier alpha value is -1.36. The van der Waals surface area contributed by atoms with Crippen LogP contribution in [0.4, 0.5) is 5.69 Å². The van der Waals surface area contributed by atoms with Crippen molar-refractivity contribution in [3.63, 3.8) is 0 Å². The molecule has 102 valence electrons. The lowest BCUT2D eigenvalue weighted by molar-refractivity contribution is -0.133. The van der Waals surface area contributed by atoms with E-state index in [9.17, 15) is 9.90 Å². The van der Waals surface area contributed by atoms with Crippen LogP contribution in [0.25, 0.3) is 0 Å². The molecule has 1 amide bonds. The van der Waals surface area contributed by atoms with Crippen LogP contribution >= 0.6 is 27.5 Å². The number of nitrogens with one attached hydrogen (secondary N) is 1. The van der Waals surface area contributed by atoms with Crippen LogP contribution in [-0.2, 0) is 16.8 Å². The first-order valence-corrected chi connectivity index (χ1v) is 7.25. The SMILES string of the molecule is O=C1Nc2ccccc2C1(O)Cc1ccc(Br)cc1Cl. The number of carbonyl (C=O) groups excluding carboxylic acids is 1. The Morgan fingerprint density at radius 3 is 2.75 bits per heavy atom. The van der Waals surface area contributed by atoms with E-state index in [1.54, 1.807) is 30.3 Å². The van der Waals surface area contributed by atoms with E-state index < -0.39 is 11.5 Å². The van der Waals surface area contributed by atoms with Crippen molar-refractivity contribution in [2.75, 3.05) is 5.32 Å². The van der Waals surface area contributed by atoms with Gasteiger partial charge in [-0.15, -0.1) is 0 Å². The van der Waals surface area contributed by atoms with Gasteiger partial charge in [0.25, 0.3) is 5.91 Å². The molecule has 20 heavy (non-hydrogen) atoms. The standard InChI is InChI=1S/C15H11BrClNO2/c16-10-6-5-9(12(17)7-10)8-15(20)11-3-1-2-4-13(11)18-14(15)19/h1-7,20H,8H2,(H,18,19). The van der Waals surface area contributed by atoms with Crippen LogP contribution in [0.1, 0.15) is 11.1 Å². The lowest BCUT2D eigenvalue weighted by Gasteiger charge is -2.21. The number of hydrogen-bond donors (Lipinski definition) is 2. The summed E-state index contributed by atoms with van der Waals surface area (Å²) in [4.78, 5) is 12.1. The van der Waals surface area contributed by atoms with Gasteiger partial charge in [0.2, 0.25) is 0 Å². The van der Waals surface area contributed by atoms with Gasteiger partial charge in [-0.05, 0) is 23.8 Å². The molecule has 1 atom stereocenters. The zero-order valence-electron chi connectivity index (χ0n) is 10.4. The van der Waals surface area contributed by atoms with Crippen LogP contribution in [0.3, 0.4) is 0 Å². The molecule has 3 rings (SSSR count). The van der Waals surface area contributed by atoms with E-state index in [4.69, 9.17) is 11.6 Å². The van der Waals surface area contributed by atoms with E-state index in [1.165, 1.54) is 0 Å². The van der Waals surface area contributed by atoms with Gasteiger partial charge in [0.15, 0.2) is 5.60 Å². The van der Waals surface area contributed by atoms with Gasteiger partial charge in [0.1, 0.15) is 0 Å². The first kappa shape index (κ1) is 13.6. The van der Waals surface area contributed by atoms with Crippen molar-refractivity contribution in [1.82, 2.24) is 0 Å². The number of para-hydroxylation sites is 1. The molecule has 0 bridgehead atoms. The third-order valence-electron chi connectivity index (χ3n) is 3.46. The summed E-state index contributed by atoms with van der Waals surface area (Å²) in [6, 6.07) is 12.5. The summed E-state index contributed by atoms with van der Waals surface area (Å²) in [5, 5.41) is 14.0. The van der Waals surface area contributed by atoms with Gasteiger partial charge >= 0.3 is 0 Å². The Labute approximate surface area is 129 Å². The Bertz CT molecular complexity index is 704. The Morgan fingerprint density at radius 1 is 1.25 bits per heavy atom. The van der Waals surface area contributed by atoms with Gasteiger partial charge in [-0.1, -0.05) is 51.8 Å². The Kier molecular flexibility index (Phi) is 3.32. The fraction of sp³-hybridized carbons (Fsp3) is 0.133. The predicted octanol–water partition coefficient (Wildman–Crippen LogP) is 3.48. The zero-order chi connectivity index (χ0) is 14.3. The minimum Gasteiger partial charge on any atom is -0.375 e. The van der Waals surface area contributed by atoms with Crippen LogP contribution in [0, 0.1) is 0 Å². The molecular formula is C15H11BrClNO2. The third kappa shape index (κ3) is 2.14. The molecule has 0 saturated carbocycles. The highest BCUT2D eigenvalue weighted by atomic mass is 79.9. The van der Waals surface area contributed by atoms with E-state index in [0.717, 1.165) is 10.0 Å². The average Bonchev–Trinajstić information content (AvgIpc) is 2.66. The molecule has 2 N–H and O–H groups in total. The summed E-state index contributed by atoms with van der Waals surface area (Å²) >= 11 is 9.51. The van der Waals surface area contributed by atoms with Crippen molar-refractivity contribution in [1.29, 1.82) is 0 Å². The van der Waals surface area contributed by atoms with Gasteiger partial charge in [-0.2, -0.15) is 0 Å². The summed E-state index contributed by atoms with van der Waals surface area (Å²) in [6.07, 6.45) is 0.141. The van der Waals surface area contributed by atoms with E-state index >= 15 is 0 Å². The summed E-state index contributed by atoms with van der Waals surface area (Å²) < 4.78 is 0.856. The molecule has 0 aromatic heterocycles. The number of fused-ring (bicyclic) bond motifs is 1. The molecule has 1 heterocycles. The molecule has 1 aliphatic heterocycles. The normalized spacial score (nSPS) is 20.6. The number of aliphatic hydroxyl groups is 1. The molecule has 2 aromatic rings.